The summed E-state index contributed by atoms with van der Waals surface area (Å²) in [6.07, 6.45) is 1.35. The minimum absolute atomic E-state index is 0.0867. The molecule has 0 spiro atoms. The molecule has 180 valence electrons. The Morgan fingerprint density at radius 3 is 2.06 bits per heavy atom. The van der Waals surface area contributed by atoms with Crippen molar-refractivity contribution >= 4 is 15.7 Å². The number of rotatable bonds is 8. The highest BCUT2D eigenvalue weighted by Crippen LogP contribution is 2.31. The van der Waals surface area contributed by atoms with Crippen LogP contribution in [0, 0.1) is 5.82 Å². The molecule has 8 heteroatoms. The fourth-order valence-electron chi connectivity index (χ4n) is 4.37. The zero-order valence-corrected chi connectivity index (χ0v) is 20.2. The summed E-state index contributed by atoms with van der Waals surface area (Å²) in [6.45, 7) is 2.20. The molecule has 1 saturated heterocycles. The van der Waals surface area contributed by atoms with Gasteiger partial charge in [-0.25, -0.2) is 12.8 Å². The fourth-order valence-corrected chi connectivity index (χ4v) is 6.08. The molecule has 3 aromatic rings. The first-order valence-electron chi connectivity index (χ1n) is 11.2. The number of nitrogens with zero attached hydrogens (tertiary/aromatic N) is 2. The Hall–Kier alpha value is -3.10. The summed E-state index contributed by atoms with van der Waals surface area (Å²) in [5, 5.41) is 0. The monoisotopic (exact) mass is 484 g/mol. The fraction of sp³-hybridized carbons (Fsp3) is 0.308. The van der Waals surface area contributed by atoms with Crippen LogP contribution in [0.3, 0.4) is 0 Å². The largest absolute Gasteiger partial charge is 0.497 e. The van der Waals surface area contributed by atoms with Crippen LogP contribution in [0.1, 0.15) is 18.4 Å². The molecule has 0 amide bonds. The molecule has 0 saturated carbocycles. The first-order valence-corrected chi connectivity index (χ1v) is 12.6. The zero-order valence-electron chi connectivity index (χ0n) is 19.4. The smallest absolute Gasteiger partial charge is 0.264 e. The molecule has 6 nitrogen and oxygen atoms in total. The molecule has 1 aliphatic heterocycles. The summed E-state index contributed by atoms with van der Waals surface area (Å²) in [7, 11) is -0.592. The van der Waals surface area contributed by atoms with E-state index in [1.165, 1.54) is 28.6 Å². The Kier molecular flexibility index (Phi) is 7.38. The van der Waals surface area contributed by atoms with Crippen molar-refractivity contribution in [1.29, 1.82) is 0 Å². The lowest BCUT2D eigenvalue weighted by Crippen LogP contribution is -2.47. The first kappa shape index (κ1) is 24.0. The van der Waals surface area contributed by atoms with E-state index < -0.39 is 15.8 Å². The average molecular weight is 485 g/mol. The number of likely N-dealkylation sites (tertiary alicyclic amines) is 1. The molecule has 0 radical (unpaired) electrons. The van der Waals surface area contributed by atoms with Crippen LogP contribution in [0.15, 0.2) is 77.7 Å². The van der Waals surface area contributed by atoms with Crippen LogP contribution in [-0.4, -0.2) is 46.7 Å². The highest BCUT2D eigenvalue weighted by atomic mass is 32.2. The molecule has 3 aromatic carbocycles. The van der Waals surface area contributed by atoms with Crippen LogP contribution in [0.2, 0.25) is 0 Å². The van der Waals surface area contributed by atoms with E-state index >= 15 is 0 Å². The zero-order chi connectivity index (χ0) is 24.1. The number of para-hydroxylation sites is 1. The highest BCUT2D eigenvalue weighted by Gasteiger charge is 2.34. The maximum atomic E-state index is 13.6. The van der Waals surface area contributed by atoms with E-state index in [-0.39, 0.29) is 10.9 Å². The van der Waals surface area contributed by atoms with Gasteiger partial charge in [-0.1, -0.05) is 18.2 Å². The van der Waals surface area contributed by atoms with Crippen molar-refractivity contribution in [3.05, 3.63) is 84.2 Å². The number of hydrogen-bond donors (Lipinski definition) is 0. The number of sulfonamides is 1. The number of methoxy groups -OCH3 is 2. The number of halogens is 1. The Bertz CT molecular complexity index is 1170. The van der Waals surface area contributed by atoms with Crippen molar-refractivity contribution in [2.24, 2.45) is 0 Å². The molecule has 0 unspecified atom stereocenters. The molecule has 34 heavy (non-hydrogen) atoms. The van der Waals surface area contributed by atoms with Gasteiger partial charge in [-0.15, -0.1) is 0 Å². The van der Waals surface area contributed by atoms with Gasteiger partial charge in [0.2, 0.25) is 0 Å². The Balaban J connectivity index is 1.53. The third-order valence-corrected chi connectivity index (χ3v) is 7.98. The van der Waals surface area contributed by atoms with Crippen molar-refractivity contribution in [2.75, 3.05) is 31.6 Å². The van der Waals surface area contributed by atoms with E-state index in [1.807, 2.05) is 36.4 Å². The molecule has 4 rings (SSSR count). The van der Waals surface area contributed by atoms with E-state index in [0.717, 1.165) is 36.7 Å². The second-order valence-electron chi connectivity index (χ2n) is 8.32. The van der Waals surface area contributed by atoms with Crippen molar-refractivity contribution in [1.82, 2.24) is 4.90 Å². The van der Waals surface area contributed by atoms with Crippen molar-refractivity contribution in [2.45, 2.75) is 30.3 Å². The average Bonchev–Trinajstić information content (AvgIpc) is 2.86. The SMILES string of the molecule is COc1cc(CN2CCC(N(c3ccccc3)S(=O)(=O)c3ccc(F)cc3)CC2)cc(OC)c1. The molecule has 0 N–H and O–H groups in total. The summed E-state index contributed by atoms with van der Waals surface area (Å²) in [6, 6.07) is 19.8. The maximum Gasteiger partial charge on any atom is 0.264 e. The minimum Gasteiger partial charge on any atom is -0.497 e. The van der Waals surface area contributed by atoms with Gasteiger partial charge in [-0.2, -0.15) is 0 Å². The molecular weight excluding hydrogens is 455 g/mol. The van der Waals surface area contributed by atoms with Gasteiger partial charge in [0.15, 0.2) is 0 Å². The molecule has 0 aromatic heterocycles. The summed E-state index contributed by atoms with van der Waals surface area (Å²) in [5.41, 5.74) is 1.69. The Morgan fingerprint density at radius 2 is 1.50 bits per heavy atom. The molecule has 1 heterocycles. The normalized spacial score (nSPS) is 15.1. The maximum absolute atomic E-state index is 13.6. The van der Waals surface area contributed by atoms with E-state index in [9.17, 15) is 12.8 Å². The van der Waals surface area contributed by atoms with Crippen molar-refractivity contribution < 1.29 is 22.3 Å². The van der Waals surface area contributed by atoms with Crippen LogP contribution in [0.25, 0.3) is 0 Å². The molecule has 0 bridgehead atoms. The van der Waals surface area contributed by atoms with Crippen LogP contribution in [-0.2, 0) is 16.6 Å². The van der Waals surface area contributed by atoms with E-state index in [0.29, 0.717) is 18.5 Å². The first-order chi connectivity index (χ1) is 16.4. The third-order valence-electron chi connectivity index (χ3n) is 6.09. The number of benzene rings is 3. The van der Waals surface area contributed by atoms with Gasteiger partial charge in [-0.05, 0) is 66.9 Å². The molecule has 0 atom stereocenters. The topological polar surface area (TPSA) is 59.1 Å². The lowest BCUT2D eigenvalue weighted by molar-refractivity contribution is 0.206. The third kappa shape index (κ3) is 5.34. The van der Waals surface area contributed by atoms with Gasteiger partial charge in [0.25, 0.3) is 10.0 Å². The Morgan fingerprint density at radius 1 is 0.912 bits per heavy atom. The minimum atomic E-state index is -3.85. The van der Waals surface area contributed by atoms with Gasteiger partial charge in [-0.3, -0.25) is 9.21 Å². The summed E-state index contributed by atoms with van der Waals surface area (Å²) in [4.78, 5) is 2.39. The van der Waals surface area contributed by atoms with Crippen LogP contribution in [0.4, 0.5) is 10.1 Å². The Labute approximate surface area is 200 Å². The van der Waals surface area contributed by atoms with E-state index in [4.69, 9.17) is 9.47 Å². The van der Waals surface area contributed by atoms with E-state index in [2.05, 4.69) is 4.90 Å². The summed E-state index contributed by atoms with van der Waals surface area (Å²) < 4.78 is 52.9. The number of hydrogen-bond acceptors (Lipinski definition) is 5. The molecule has 0 aliphatic carbocycles. The van der Waals surface area contributed by atoms with Gasteiger partial charge < -0.3 is 9.47 Å². The van der Waals surface area contributed by atoms with Gasteiger partial charge in [0, 0.05) is 31.7 Å². The predicted octanol–water partition coefficient (Wildman–Crippen LogP) is 4.70. The molecule has 1 fully saturated rings. The van der Waals surface area contributed by atoms with Gasteiger partial charge in [0.1, 0.15) is 17.3 Å². The van der Waals surface area contributed by atoms with E-state index in [1.54, 1.807) is 26.4 Å². The lowest BCUT2D eigenvalue weighted by atomic mass is 10.0. The van der Waals surface area contributed by atoms with Gasteiger partial charge in [0.05, 0.1) is 24.8 Å². The van der Waals surface area contributed by atoms with Crippen molar-refractivity contribution in [3.8, 4) is 11.5 Å². The molecule has 1 aliphatic rings. The number of piperidine rings is 1. The second kappa shape index (κ2) is 10.4. The lowest BCUT2D eigenvalue weighted by Gasteiger charge is -2.39. The van der Waals surface area contributed by atoms with Crippen molar-refractivity contribution in [3.63, 3.8) is 0 Å². The van der Waals surface area contributed by atoms with Crippen LogP contribution < -0.4 is 13.8 Å². The highest BCUT2D eigenvalue weighted by molar-refractivity contribution is 7.92. The van der Waals surface area contributed by atoms with Crippen LogP contribution in [0.5, 0.6) is 11.5 Å². The predicted molar refractivity (Wildman–Crippen MR) is 130 cm³/mol. The van der Waals surface area contributed by atoms with Gasteiger partial charge >= 0.3 is 0 Å². The second-order valence-corrected chi connectivity index (χ2v) is 10.1. The van der Waals surface area contributed by atoms with Crippen LogP contribution >= 0.6 is 0 Å². The summed E-state index contributed by atoms with van der Waals surface area (Å²) in [5.74, 6) is 1.02. The molecular formula is C26H29FN2O4S. The number of ether oxygens (including phenoxy) is 2. The standard InChI is InChI=1S/C26H29FN2O4S/c1-32-24-16-20(17-25(18-24)33-2)19-28-14-12-23(13-15-28)29(22-6-4-3-5-7-22)34(30,31)26-10-8-21(27)9-11-26/h3-11,16-18,23H,12-15,19H2,1-2H3. The quantitative estimate of drug-likeness (QED) is 0.464. The summed E-state index contributed by atoms with van der Waals surface area (Å²) >= 11 is 0. The number of anilines is 1.